The highest BCUT2D eigenvalue weighted by atomic mass is 35.5. The minimum Gasteiger partial charge on any atom is -0.507 e. The predicted octanol–water partition coefficient (Wildman–Crippen LogP) is 5.07. The summed E-state index contributed by atoms with van der Waals surface area (Å²) in [6.45, 7) is 13.2. The number of aromatic hydroxyl groups is 1. The number of benzene rings is 2. The van der Waals surface area contributed by atoms with E-state index in [2.05, 4.69) is 46.9 Å². The summed E-state index contributed by atoms with van der Waals surface area (Å²) in [6, 6.07) is 10.7. The van der Waals surface area contributed by atoms with E-state index in [-0.39, 0.29) is 34.0 Å². The normalized spacial score (nSPS) is 12.5. The molecule has 0 amide bonds. The number of rotatable bonds is 4. The molecule has 0 aliphatic carbocycles. The van der Waals surface area contributed by atoms with Gasteiger partial charge in [0.2, 0.25) is 0 Å². The van der Waals surface area contributed by atoms with Crippen molar-refractivity contribution >= 4 is 22.2 Å². The van der Waals surface area contributed by atoms with Crippen LogP contribution >= 0.6 is 12.4 Å². The Morgan fingerprint density at radius 3 is 1.93 bits per heavy atom. The summed E-state index contributed by atoms with van der Waals surface area (Å²) in [4.78, 5) is 0.271. The van der Waals surface area contributed by atoms with E-state index >= 15 is 0 Å². The third-order valence-corrected chi connectivity index (χ3v) is 5.59. The average molecular weight is 426 g/mol. The molecule has 0 bridgehead atoms. The molecule has 0 atom stereocenters. The number of sulfone groups is 1. The lowest BCUT2D eigenvalue weighted by molar-refractivity contribution is 0.411. The molecule has 4 nitrogen and oxygen atoms in total. The number of nitrogens with one attached hydrogen (secondary N) is 1. The second-order valence-electron chi connectivity index (χ2n) is 9.18. The highest BCUT2D eigenvalue weighted by Gasteiger charge is 2.21. The lowest BCUT2D eigenvalue weighted by Gasteiger charge is -2.25. The Hall–Kier alpha value is -1.56. The Morgan fingerprint density at radius 2 is 1.50 bits per heavy atom. The van der Waals surface area contributed by atoms with Crippen molar-refractivity contribution in [3.63, 3.8) is 0 Å². The number of hydrogen-bond acceptors (Lipinski definition) is 4. The maximum Gasteiger partial charge on any atom is 0.175 e. The Kier molecular flexibility index (Phi) is 7.38. The quantitative estimate of drug-likeness (QED) is 0.717. The van der Waals surface area contributed by atoms with E-state index in [0.29, 0.717) is 12.1 Å². The first-order valence-electron chi connectivity index (χ1n) is 9.10. The predicted molar refractivity (Wildman–Crippen MR) is 119 cm³/mol. The van der Waals surface area contributed by atoms with Crippen LogP contribution < -0.4 is 5.32 Å². The molecule has 0 spiro atoms. The summed E-state index contributed by atoms with van der Waals surface area (Å²) in [5.74, 6) is 0.229. The molecule has 2 N–H and O–H groups in total. The van der Waals surface area contributed by atoms with Crippen LogP contribution in [0.25, 0.3) is 11.1 Å². The first-order chi connectivity index (χ1) is 12.2. The van der Waals surface area contributed by atoms with Gasteiger partial charge in [-0.15, -0.1) is 12.4 Å². The van der Waals surface area contributed by atoms with Crippen LogP contribution in [0.4, 0.5) is 0 Å². The van der Waals surface area contributed by atoms with Crippen molar-refractivity contribution in [3.8, 4) is 16.9 Å². The molecule has 6 heteroatoms. The fraction of sp³-hybridized carbons (Fsp3) is 0.455. The van der Waals surface area contributed by atoms with E-state index in [1.165, 1.54) is 6.26 Å². The van der Waals surface area contributed by atoms with E-state index in [9.17, 15) is 13.5 Å². The topological polar surface area (TPSA) is 66.4 Å². The Bertz CT molecular complexity index is 922. The highest BCUT2D eigenvalue weighted by molar-refractivity contribution is 7.90. The second-order valence-corrected chi connectivity index (χ2v) is 11.2. The molecule has 2 aromatic rings. The molecule has 0 radical (unpaired) electrons. The van der Waals surface area contributed by atoms with Crippen LogP contribution in [0.1, 0.15) is 52.7 Å². The average Bonchev–Trinajstić information content (AvgIpc) is 2.51. The molecule has 0 heterocycles. The van der Waals surface area contributed by atoms with Gasteiger partial charge in [0, 0.05) is 29.5 Å². The molecular weight excluding hydrogens is 394 g/mol. The fourth-order valence-electron chi connectivity index (χ4n) is 2.72. The van der Waals surface area contributed by atoms with Crippen LogP contribution in [0.2, 0.25) is 0 Å². The number of hydrogen-bond donors (Lipinski definition) is 2. The summed E-state index contributed by atoms with van der Waals surface area (Å²) in [5.41, 5.74) is 3.32. The van der Waals surface area contributed by atoms with Crippen molar-refractivity contribution in [2.45, 2.75) is 63.9 Å². The molecule has 156 valence electrons. The zero-order chi connectivity index (χ0) is 20.6. The second kappa shape index (κ2) is 8.44. The molecule has 0 aromatic heterocycles. The smallest absolute Gasteiger partial charge is 0.175 e. The molecule has 0 aliphatic rings. The Morgan fingerprint density at radius 1 is 0.964 bits per heavy atom. The molecule has 0 unspecified atom stereocenters. The zero-order valence-corrected chi connectivity index (χ0v) is 19.4. The molecule has 0 saturated heterocycles. The minimum absolute atomic E-state index is 0. The SMILES string of the molecule is CC(C)(C)NCc1cc(C(C)(C)C)cc(-c2ccc(S(C)(=O)=O)cc2)c1O.Cl. The standard InChI is InChI=1S/C22H31NO3S.ClH/c1-21(2,3)17-12-16(14-23-22(4,5)6)20(24)19(13-17)15-8-10-18(11-9-15)27(7,25)26;/h8-13,23-24H,14H2,1-7H3;1H. The molecule has 0 aliphatic heterocycles. The van der Waals surface area contributed by atoms with Crippen molar-refractivity contribution in [1.82, 2.24) is 5.32 Å². The maximum absolute atomic E-state index is 11.7. The van der Waals surface area contributed by atoms with Crippen LogP contribution in [0, 0.1) is 0 Å². The summed E-state index contributed by atoms with van der Waals surface area (Å²) >= 11 is 0. The zero-order valence-electron chi connectivity index (χ0n) is 17.8. The van der Waals surface area contributed by atoms with Crippen molar-refractivity contribution in [2.75, 3.05) is 6.26 Å². The highest BCUT2D eigenvalue weighted by Crippen LogP contribution is 2.37. The van der Waals surface area contributed by atoms with Gasteiger partial charge in [-0.05, 0) is 55.5 Å². The van der Waals surface area contributed by atoms with Gasteiger partial charge < -0.3 is 10.4 Å². The third-order valence-electron chi connectivity index (χ3n) is 4.46. The fourth-order valence-corrected chi connectivity index (χ4v) is 3.35. The van der Waals surface area contributed by atoms with E-state index in [4.69, 9.17) is 0 Å². The van der Waals surface area contributed by atoms with Gasteiger partial charge in [-0.1, -0.05) is 39.0 Å². The van der Waals surface area contributed by atoms with Gasteiger partial charge in [0.15, 0.2) is 9.84 Å². The molecule has 28 heavy (non-hydrogen) atoms. The van der Waals surface area contributed by atoms with Gasteiger partial charge in [-0.2, -0.15) is 0 Å². The first-order valence-corrected chi connectivity index (χ1v) is 11.0. The largest absolute Gasteiger partial charge is 0.507 e. The van der Waals surface area contributed by atoms with Gasteiger partial charge in [0.25, 0.3) is 0 Å². The Balaban J connectivity index is 0.00000392. The van der Waals surface area contributed by atoms with Gasteiger partial charge in [0.05, 0.1) is 4.90 Å². The van der Waals surface area contributed by atoms with Crippen LogP contribution in [0.3, 0.4) is 0 Å². The number of halogens is 1. The number of phenolic OH excluding ortho intramolecular Hbond substituents is 1. The summed E-state index contributed by atoms with van der Waals surface area (Å²) in [6.07, 6.45) is 1.19. The molecule has 2 rings (SSSR count). The molecular formula is C22H32ClNO3S. The van der Waals surface area contributed by atoms with Crippen molar-refractivity contribution in [1.29, 1.82) is 0 Å². The summed E-state index contributed by atoms with van der Waals surface area (Å²) < 4.78 is 23.4. The van der Waals surface area contributed by atoms with Crippen molar-refractivity contribution in [2.24, 2.45) is 0 Å². The first kappa shape index (κ1) is 24.5. The molecule has 0 fully saturated rings. The van der Waals surface area contributed by atoms with Gasteiger partial charge in [0.1, 0.15) is 5.75 Å². The van der Waals surface area contributed by atoms with Crippen molar-refractivity contribution in [3.05, 3.63) is 47.5 Å². The lowest BCUT2D eigenvalue weighted by Crippen LogP contribution is -2.35. The van der Waals surface area contributed by atoms with Crippen molar-refractivity contribution < 1.29 is 13.5 Å². The Labute approximate surface area is 175 Å². The van der Waals surface area contributed by atoms with Gasteiger partial charge in [-0.25, -0.2) is 8.42 Å². The monoisotopic (exact) mass is 425 g/mol. The third kappa shape index (κ3) is 6.23. The van der Waals surface area contributed by atoms with E-state index in [0.717, 1.165) is 16.7 Å². The van der Waals surface area contributed by atoms with Crippen LogP contribution in [-0.2, 0) is 21.8 Å². The van der Waals surface area contributed by atoms with E-state index < -0.39 is 9.84 Å². The summed E-state index contributed by atoms with van der Waals surface area (Å²) in [7, 11) is -3.25. The van der Waals surface area contributed by atoms with E-state index in [1.807, 2.05) is 12.1 Å². The number of phenols is 1. The summed E-state index contributed by atoms with van der Waals surface area (Å²) in [5, 5.41) is 14.3. The molecule has 0 saturated carbocycles. The van der Waals surface area contributed by atoms with Crippen LogP contribution in [-0.4, -0.2) is 25.3 Å². The van der Waals surface area contributed by atoms with Gasteiger partial charge >= 0.3 is 0 Å². The van der Waals surface area contributed by atoms with Crippen LogP contribution in [0.15, 0.2) is 41.3 Å². The maximum atomic E-state index is 11.7. The van der Waals surface area contributed by atoms with Crippen LogP contribution in [0.5, 0.6) is 5.75 Å². The minimum atomic E-state index is -3.25. The van der Waals surface area contributed by atoms with E-state index in [1.54, 1.807) is 24.3 Å². The van der Waals surface area contributed by atoms with Gasteiger partial charge in [-0.3, -0.25) is 0 Å². The lowest BCUT2D eigenvalue weighted by atomic mass is 9.83. The molecule has 2 aromatic carbocycles.